The number of nitrogens with zero attached hydrogens (tertiary/aromatic N) is 1. The molecule has 0 saturated carbocycles. The van der Waals surface area contributed by atoms with Gasteiger partial charge >= 0.3 is 5.97 Å². The van der Waals surface area contributed by atoms with E-state index < -0.39 is 17.8 Å². The zero-order valence-electron chi connectivity index (χ0n) is 18.7. The van der Waals surface area contributed by atoms with Crippen LogP contribution in [0.25, 0.3) is 10.8 Å². The van der Waals surface area contributed by atoms with Crippen molar-refractivity contribution in [2.24, 2.45) is 5.10 Å². The summed E-state index contributed by atoms with van der Waals surface area (Å²) in [7, 11) is 0. The van der Waals surface area contributed by atoms with Gasteiger partial charge in [0.2, 0.25) is 0 Å². The van der Waals surface area contributed by atoms with E-state index in [0.717, 1.165) is 10.8 Å². The van der Waals surface area contributed by atoms with Gasteiger partial charge in [-0.25, -0.2) is 10.2 Å². The first-order chi connectivity index (χ1) is 17.4. The fourth-order valence-electron chi connectivity index (χ4n) is 3.39. The summed E-state index contributed by atoms with van der Waals surface area (Å²) in [5.74, 6) is -1.43. The van der Waals surface area contributed by atoms with Crippen LogP contribution in [0, 0.1) is 0 Å². The topological polar surface area (TPSA) is 96.9 Å². The van der Waals surface area contributed by atoms with Crippen LogP contribution in [-0.4, -0.2) is 30.5 Å². The number of halogens is 2. The van der Waals surface area contributed by atoms with Gasteiger partial charge in [0.05, 0.1) is 33.9 Å². The number of hydrogen-bond donors (Lipinski definition) is 2. The molecule has 0 fully saturated rings. The molecule has 0 saturated heterocycles. The minimum atomic E-state index is -0.628. The smallest absolute Gasteiger partial charge is 0.345 e. The molecule has 0 unspecified atom stereocenters. The summed E-state index contributed by atoms with van der Waals surface area (Å²) in [5.41, 5.74) is 3.32. The highest BCUT2D eigenvalue weighted by molar-refractivity contribution is 6.34. The predicted octanol–water partition coefficient (Wildman–Crippen LogP) is 5.25. The number of nitrogens with one attached hydrogen (secondary N) is 2. The Morgan fingerprint density at radius 1 is 0.806 bits per heavy atom. The van der Waals surface area contributed by atoms with Gasteiger partial charge in [-0.05, 0) is 41.1 Å². The molecule has 4 rings (SSSR count). The quantitative estimate of drug-likeness (QED) is 0.151. The molecule has 0 bridgehead atoms. The van der Waals surface area contributed by atoms with Gasteiger partial charge in [-0.3, -0.25) is 9.59 Å². The van der Waals surface area contributed by atoms with Crippen molar-refractivity contribution in [3.63, 3.8) is 0 Å². The Labute approximate surface area is 216 Å². The molecule has 0 heterocycles. The third-order valence-electron chi connectivity index (χ3n) is 5.14. The van der Waals surface area contributed by atoms with Crippen molar-refractivity contribution in [3.05, 3.63) is 112 Å². The van der Waals surface area contributed by atoms with Crippen LogP contribution in [0.15, 0.2) is 90.0 Å². The van der Waals surface area contributed by atoms with Crippen molar-refractivity contribution in [3.8, 4) is 5.75 Å². The van der Waals surface area contributed by atoms with Gasteiger partial charge in [-0.2, -0.15) is 5.10 Å². The van der Waals surface area contributed by atoms with Crippen LogP contribution >= 0.6 is 23.2 Å². The molecule has 4 aromatic carbocycles. The molecule has 0 aliphatic carbocycles. The lowest BCUT2D eigenvalue weighted by Crippen LogP contribution is -2.35. The maximum atomic E-state index is 12.7. The highest BCUT2D eigenvalue weighted by Gasteiger charge is 2.16. The third-order valence-corrected chi connectivity index (χ3v) is 5.80. The molecule has 9 heteroatoms. The summed E-state index contributed by atoms with van der Waals surface area (Å²) in [6.45, 7) is -0.314. The van der Waals surface area contributed by atoms with Crippen LogP contribution in [0.5, 0.6) is 5.75 Å². The number of esters is 1. The zero-order chi connectivity index (χ0) is 25.5. The molecule has 7 nitrogen and oxygen atoms in total. The number of hydrazone groups is 1. The fourth-order valence-corrected chi connectivity index (χ4v) is 3.82. The van der Waals surface area contributed by atoms with E-state index in [4.69, 9.17) is 27.9 Å². The molecule has 0 aromatic heterocycles. The molecule has 0 spiro atoms. The number of amides is 2. The van der Waals surface area contributed by atoms with E-state index in [1.54, 1.807) is 54.6 Å². The van der Waals surface area contributed by atoms with Crippen LogP contribution in [0.1, 0.15) is 26.3 Å². The maximum Gasteiger partial charge on any atom is 0.345 e. The van der Waals surface area contributed by atoms with Gasteiger partial charge in [0, 0.05) is 5.56 Å². The van der Waals surface area contributed by atoms with E-state index in [1.807, 2.05) is 30.3 Å². The summed E-state index contributed by atoms with van der Waals surface area (Å²) in [6, 6.07) is 24.0. The zero-order valence-corrected chi connectivity index (χ0v) is 20.2. The molecule has 0 radical (unpaired) electrons. The number of rotatable bonds is 7. The van der Waals surface area contributed by atoms with E-state index in [0.29, 0.717) is 5.56 Å². The second kappa shape index (κ2) is 11.5. The van der Waals surface area contributed by atoms with Crippen molar-refractivity contribution in [1.82, 2.24) is 10.7 Å². The number of carbonyl (C=O) groups excluding carboxylic acids is 3. The standard InChI is InChI=1S/C27H19Cl2N3O4/c28-22-11-5-3-9-19(22)26(34)30-16-25(33)32-31-15-21-18-8-2-1-7-17(18)13-14-24(21)36-27(35)20-10-4-6-12-23(20)29/h1-15H,16H2,(H,30,34)(H,32,33)/b31-15+. The van der Waals surface area contributed by atoms with Crippen molar-refractivity contribution >= 4 is 58.0 Å². The normalized spacial score (nSPS) is 10.8. The first kappa shape index (κ1) is 24.9. The van der Waals surface area contributed by atoms with Crippen LogP contribution in [0.4, 0.5) is 0 Å². The molecule has 4 aromatic rings. The van der Waals surface area contributed by atoms with Crippen LogP contribution < -0.4 is 15.5 Å². The summed E-state index contributed by atoms with van der Waals surface area (Å²) in [5, 5.41) is 8.68. The molecule has 0 atom stereocenters. The second-order valence-electron chi connectivity index (χ2n) is 7.52. The Morgan fingerprint density at radius 2 is 1.44 bits per heavy atom. The Morgan fingerprint density at radius 3 is 2.17 bits per heavy atom. The number of ether oxygens (including phenoxy) is 1. The first-order valence-electron chi connectivity index (χ1n) is 10.8. The number of fused-ring (bicyclic) bond motifs is 1. The van der Waals surface area contributed by atoms with Gasteiger partial charge in [0.1, 0.15) is 5.75 Å². The average Bonchev–Trinajstić information content (AvgIpc) is 2.88. The average molecular weight is 520 g/mol. The maximum absolute atomic E-state index is 12.7. The summed E-state index contributed by atoms with van der Waals surface area (Å²) >= 11 is 12.1. The van der Waals surface area contributed by atoms with E-state index >= 15 is 0 Å². The molecule has 36 heavy (non-hydrogen) atoms. The van der Waals surface area contributed by atoms with Crippen LogP contribution in [-0.2, 0) is 4.79 Å². The highest BCUT2D eigenvalue weighted by atomic mass is 35.5. The van der Waals surface area contributed by atoms with Gasteiger partial charge in [0.15, 0.2) is 0 Å². The number of hydrogen-bond acceptors (Lipinski definition) is 5. The van der Waals surface area contributed by atoms with Crippen molar-refractivity contribution < 1.29 is 19.1 Å². The van der Waals surface area contributed by atoms with Gasteiger partial charge in [0.25, 0.3) is 11.8 Å². The minimum absolute atomic E-state index is 0.220. The third kappa shape index (κ3) is 5.89. The molecule has 2 amide bonds. The predicted molar refractivity (Wildman–Crippen MR) is 140 cm³/mol. The number of benzene rings is 4. The van der Waals surface area contributed by atoms with E-state index in [2.05, 4.69) is 15.8 Å². The van der Waals surface area contributed by atoms with Crippen molar-refractivity contribution in [1.29, 1.82) is 0 Å². The Balaban J connectivity index is 1.49. The van der Waals surface area contributed by atoms with E-state index in [9.17, 15) is 14.4 Å². The molecule has 0 aliphatic rings. The molecular formula is C27H19Cl2N3O4. The lowest BCUT2D eigenvalue weighted by atomic mass is 10.0. The molecule has 180 valence electrons. The monoisotopic (exact) mass is 519 g/mol. The van der Waals surface area contributed by atoms with Crippen molar-refractivity contribution in [2.45, 2.75) is 0 Å². The molecule has 2 N–H and O–H groups in total. The van der Waals surface area contributed by atoms with Crippen LogP contribution in [0.2, 0.25) is 10.0 Å². The summed E-state index contributed by atoms with van der Waals surface area (Å²) < 4.78 is 5.62. The van der Waals surface area contributed by atoms with Gasteiger partial charge < -0.3 is 10.1 Å². The van der Waals surface area contributed by atoms with Gasteiger partial charge in [-0.15, -0.1) is 0 Å². The lowest BCUT2D eigenvalue weighted by molar-refractivity contribution is -0.120. The largest absolute Gasteiger partial charge is 0.422 e. The lowest BCUT2D eigenvalue weighted by Gasteiger charge is -2.11. The summed E-state index contributed by atoms with van der Waals surface area (Å²) in [6.07, 6.45) is 1.38. The molecular weight excluding hydrogens is 501 g/mol. The highest BCUT2D eigenvalue weighted by Crippen LogP contribution is 2.28. The second-order valence-corrected chi connectivity index (χ2v) is 8.34. The van der Waals surface area contributed by atoms with E-state index in [-0.39, 0.29) is 33.5 Å². The summed E-state index contributed by atoms with van der Waals surface area (Å²) in [4.78, 5) is 37.2. The van der Waals surface area contributed by atoms with Gasteiger partial charge in [-0.1, -0.05) is 77.8 Å². The Bertz CT molecular complexity index is 1490. The Hall–Kier alpha value is -4.20. The minimum Gasteiger partial charge on any atom is -0.422 e. The van der Waals surface area contributed by atoms with Crippen molar-refractivity contribution in [2.75, 3.05) is 6.54 Å². The fraction of sp³-hybridized carbons (Fsp3) is 0.0370. The first-order valence-corrected chi connectivity index (χ1v) is 11.5. The Kier molecular flexibility index (Phi) is 7.95. The van der Waals surface area contributed by atoms with E-state index in [1.165, 1.54) is 6.21 Å². The SMILES string of the molecule is O=C(CNC(=O)c1ccccc1Cl)N/N=C/c1c(OC(=O)c2ccccc2Cl)ccc2ccccc12. The number of carbonyl (C=O) groups is 3. The molecule has 0 aliphatic heterocycles. The van der Waals surface area contributed by atoms with Crippen LogP contribution in [0.3, 0.4) is 0 Å².